The Hall–Kier alpha value is -2.64. The van der Waals surface area contributed by atoms with Crippen LogP contribution in [0.4, 0.5) is 0 Å². The van der Waals surface area contributed by atoms with Crippen LogP contribution in [0, 0.1) is 0 Å². The maximum atomic E-state index is 13.5. The SMILES string of the molecule is CC(C)NC(=O)C(Cc1ccccc1)N(Cc1ccc(Br)cc1)C(=O)COc1ccc(Br)cc1. The first-order chi connectivity index (χ1) is 16.3. The average Bonchev–Trinajstić information content (AvgIpc) is 2.82. The molecule has 1 unspecified atom stereocenters. The molecule has 3 rings (SSSR count). The Morgan fingerprint density at radius 2 is 1.44 bits per heavy atom. The van der Waals surface area contributed by atoms with Gasteiger partial charge in [0.1, 0.15) is 11.8 Å². The molecule has 7 heteroatoms. The van der Waals surface area contributed by atoms with E-state index in [2.05, 4.69) is 37.2 Å². The highest BCUT2D eigenvalue weighted by Crippen LogP contribution is 2.19. The lowest BCUT2D eigenvalue weighted by Gasteiger charge is -2.32. The van der Waals surface area contributed by atoms with Crippen molar-refractivity contribution >= 4 is 43.7 Å². The number of carbonyl (C=O) groups is 2. The van der Waals surface area contributed by atoms with Crippen LogP contribution in [0.25, 0.3) is 0 Å². The molecule has 178 valence electrons. The Bertz CT molecular complexity index is 1070. The fourth-order valence-corrected chi connectivity index (χ4v) is 4.01. The standard InChI is InChI=1S/C27H28Br2N2O3/c1-19(2)30-27(33)25(16-20-6-4-3-5-7-20)31(17-21-8-10-22(28)11-9-21)26(32)18-34-24-14-12-23(29)13-15-24/h3-15,19,25H,16-18H2,1-2H3,(H,30,33). The number of carbonyl (C=O) groups excluding carboxylic acids is 2. The minimum absolute atomic E-state index is 0.0468. The third kappa shape index (κ3) is 7.99. The smallest absolute Gasteiger partial charge is 0.261 e. The summed E-state index contributed by atoms with van der Waals surface area (Å²) < 4.78 is 7.65. The number of benzene rings is 3. The summed E-state index contributed by atoms with van der Waals surface area (Å²) in [4.78, 5) is 28.4. The van der Waals surface area contributed by atoms with Gasteiger partial charge in [-0.05, 0) is 61.4 Å². The molecule has 1 atom stereocenters. The van der Waals surface area contributed by atoms with Crippen molar-refractivity contribution in [1.82, 2.24) is 10.2 Å². The monoisotopic (exact) mass is 586 g/mol. The van der Waals surface area contributed by atoms with Gasteiger partial charge in [-0.25, -0.2) is 0 Å². The largest absolute Gasteiger partial charge is 0.484 e. The Labute approximate surface area is 217 Å². The average molecular weight is 588 g/mol. The zero-order chi connectivity index (χ0) is 24.5. The molecule has 0 saturated heterocycles. The molecule has 3 aromatic rings. The van der Waals surface area contributed by atoms with Crippen molar-refractivity contribution in [3.63, 3.8) is 0 Å². The van der Waals surface area contributed by atoms with Gasteiger partial charge in [0.15, 0.2) is 6.61 Å². The van der Waals surface area contributed by atoms with Crippen LogP contribution >= 0.6 is 31.9 Å². The van der Waals surface area contributed by atoms with Gasteiger partial charge in [0, 0.05) is 28.0 Å². The first kappa shape index (κ1) is 26.0. The van der Waals surface area contributed by atoms with Crippen molar-refractivity contribution < 1.29 is 14.3 Å². The van der Waals surface area contributed by atoms with Crippen LogP contribution in [0.1, 0.15) is 25.0 Å². The Morgan fingerprint density at radius 1 is 0.853 bits per heavy atom. The van der Waals surface area contributed by atoms with Crippen molar-refractivity contribution in [3.05, 3.63) is 98.9 Å². The quantitative estimate of drug-likeness (QED) is 0.328. The molecule has 2 amide bonds. The molecule has 0 aliphatic rings. The van der Waals surface area contributed by atoms with E-state index in [0.29, 0.717) is 18.7 Å². The first-order valence-corrected chi connectivity index (χ1v) is 12.7. The van der Waals surface area contributed by atoms with Gasteiger partial charge in [0.25, 0.3) is 5.91 Å². The van der Waals surface area contributed by atoms with E-state index in [1.54, 1.807) is 17.0 Å². The maximum absolute atomic E-state index is 13.5. The molecule has 0 aliphatic heterocycles. The topological polar surface area (TPSA) is 58.6 Å². The van der Waals surface area contributed by atoms with Gasteiger partial charge in [0.05, 0.1) is 0 Å². The molecular weight excluding hydrogens is 560 g/mol. The molecule has 1 N–H and O–H groups in total. The normalized spacial score (nSPS) is 11.7. The molecule has 0 heterocycles. The molecule has 0 saturated carbocycles. The van der Waals surface area contributed by atoms with E-state index in [4.69, 9.17) is 4.74 Å². The zero-order valence-electron chi connectivity index (χ0n) is 19.2. The highest BCUT2D eigenvalue weighted by atomic mass is 79.9. The Morgan fingerprint density at radius 3 is 2.03 bits per heavy atom. The lowest BCUT2D eigenvalue weighted by molar-refractivity contribution is -0.143. The van der Waals surface area contributed by atoms with Crippen molar-refractivity contribution in [2.45, 2.75) is 38.9 Å². The summed E-state index contributed by atoms with van der Waals surface area (Å²) in [7, 11) is 0. The summed E-state index contributed by atoms with van der Waals surface area (Å²) in [6.07, 6.45) is 0.403. The van der Waals surface area contributed by atoms with Crippen LogP contribution < -0.4 is 10.1 Å². The predicted molar refractivity (Wildman–Crippen MR) is 142 cm³/mol. The van der Waals surface area contributed by atoms with E-state index in [1.807, 2.05) is 80.6 Å². The van der Waals surface area contributed by atoms with Crippen molar-refractivity contribution in [3.8, 4) is 5.75 Å². The fraction of sp³-hybridized carbons (Fsp3) is 0.259. The molecule has 3 aromatic carbocycles. The van der Waals surface area contributed by atoms with E-state index < -0.39 is 6.04 Å². The third-order valence-corrected chi connectivity index (χ3v) is 6.20. The second-order valence-electron chi connectivity index (χ2n) is 8.26. The minimum Gasteiger partial charge on any atom is -0.484 e. The molecule has 0 aliphatic carbocycles. The molecule has 0 radical (unpaired) electrons. The van der Waals surface area contributed by atoms with Crippen LogP contribution in [0.2, 0.25) is 0 Å². The number of halogens is 2. The highest BCUT2D eigenvalue weighted by Gasteiger charge is 2.31. The lowest BCUT2D eigenvalue weighted by Crippen LogP contribution is -2.52. The molecule has 0 aromatic heterocycles. The van der Waals surface area contributed by atoms with Crippen LogP contribution in [0.15, 0.2) is 87.8 Å². The summed E-state index contributed by atoms with van der Waals surface area (Å²) in [6.45, 7) is 3.95. The third-order valence-electron chi connectivity index (χ3n) is 5.14. The summed E-state index contributed by atoms with van der Waals surface area (Å²) >= 11 is 6.85. The van der Waals surface area contributed by atoms with Crippen LogP contribution in [0.3, 0.4) is 0 Å². The molecule has 5 nitrogen and oxygen atoms in total. The van der Waals surface area contributed by atoms with Crippen molar-refractivity contribution in [1.29, 1.82) is 0 Å². The summed E-state index contributed by atoms with van der Waals surface area (Å²) in [6, 6.07) is 24.1. The van der Waals surface area contributed by atoms with E-state index in [0.717, 1.165) is 20.1 Å². The second-order valence-corrected chi connectivity index (χ2v) is 10.1. The highest BCUT2D eigenvalue weighted by molar-refractivity contribution is 9.10. The van der Waals surface area contributed by atoms with Crippen LogP contribution in [0.5, 0.6) is 5.75 Å². The van der Waals surface area contributed by atoms with E-state index in [1.165, 1.54) is 0 Å². The van der Waals surface area contributed by atoms with E-state index in [-0.39, 0.29) is 24.5 Å². The number of rotatable bonds is 10. The van der Waals surface area contributed by atoms with Gasteiger partial charge in [-0.3, -0.25) is 9.59 Å². The maximum Gasteiger partial charge on any atom is 0.261 e. The number of hydrogen-bond donors (Lipinski definition) is 1. The molecule has 0 spiro atoms. The summed E-state index contributed by atoms with van der Waals surface area (Å²) in [5.74, 6) is 0.144. The molecule has 0 fully saturated rings. The van der Waals surface area contributed by atoms with E-state index >= 15 is 0 Å². The van der Waals surface area contributed by atoms with Crippen molar-refractivity contribution in [2.75, 3.05) is 6.61 Å². The Balaban J connectivity index is 1.89. The Kier molecular flexibility index (Phi) is 9.72. The lowest BCUT2D eigenvalue weighted by atomic mass is 10.0. The predicted octanol–water partition coefficient (Wildman–Crippen LogP) is 5.76. The fourth-order valence-electron chi connectivity index (χ4n) is 3.48. The summed E-state index contributed by atoms with van der Waals surface area (Å²) in [5.41, 5.74) is 1.91. The van der Waals surface area contributed by atoms with Gasteiger partial charge < -0.3 is 15.0 Å². The van der Waals surface area contributed by atoms with Crippen LogP contribution in [-0.4, -0.2) is 35.4 Å². The zero-order valence-corrected chi connectivity index (χ0v) is 22.4. The van der Waals surface area contributed by atoms with E-state index in [9.17, 15) is 9.59 Å². The number of nitrogens with one attached hydrogen (secondary N) is 1. The van der Waals surface area contributed by atoms with Crippen molar-refractivity contribution in [2.24, 2.45) is 0 Å². The minimum atomic E-state index is -0.686. The molecular formula is C27H28Br2N2O3. The number of amides is 2. The van der Waals surface area contributed by atoms with Gasteiger partial charge in [-0.2, -0.15) is 0 Å². The second kappa shape index (κ2) is 12.7. The summed E-state index contributed by atoms with van der Waals surface area (Å²) in [5, 5.41) is 2.99. The first-order valence-electron chi connectivity index (χ1n) is 11.1. The van der Waals surface area contributed by atoms with Gasteiger partial charge in [-0.1, -0.05) is 74.3 Å². The van der Waals surface area contributed by atoms with Gasteiger partial charge in [-0.15, -0.1) is 0 Å². The van der Waals surface area contributed by atoms with Gasteiger partial charge in [0.2, 0.25) is 5.91 Å². The number of ether oxygens (including phenoxy) is 1. The number of nitrogens with zero attached hydrogens (tertiary/aromatic N) is 1. The van der Waals surface area contributed by atoms with Crippen LogP contribution in [-0.2, 0) is 22.6 Å². The molecule has 0 bridgehead atoms. The molecule has 34 heavy (non-hydrogen) atoms. The van der Waals surface area contributed by atoms with Gasteiger partial charge >= 0.3 is 0 Å². The number of hydrogen-bond acceptors (Lipinski definition) is 3.